The van der Waals surface area contributed by atoms with Gasteiger partial charge in [-0.15, -0.1) is 0 Å². The highest BCUT2D eigenvalue weighted by Crippen LogP contribution is 2.52. The van der Waals surface area contributed by atoms with Gasteiger partial charge < -0.3 is 9.32 Å². The standard InChI is InChI=1S/C34H20ClNO/c35-28-20-24(36(22-10-3-1-4-11-22)23-12-5-2-6-13-23)19-27-25-14-7-9-21-17-18-30-34(31(21)25)33-26(32(27)28)15-8-16-29(33)37-30/h1-20H. The summed E-state index contributed by atoms with van der Waals surface area (Å²) < 4.78 is 6.31. The lowest BCUT2D eigenvalue weighted by atomic mass is 9.92. The SMILES string of the molecule is Clc1cc(N(c2ccccc2)c2ccccc2)cc2c1-c1cccc3oc4ccc5cccc-2c5c4c13. The van der Waals surface area contributed by atoms with Crippen molar-refractivity contribution in [2.24, 2.45) is 0 Å². The minimum atomic E-state index is 0.719. The molecule has 0 saturated carbocycles. The van der Waals surface area contributed by atoms with Crippen LogP contribution in [-0.4, -0.2) is 0 Å². The quantitative estimate of drug-likeness (QED) is 0.243. The van der Waals surface area contributed by atoms with E-state index in [0.717, 1.165) is 60.7 Å². The van der Waals surface area contributed by atoms with Crippen molar-refractivity contribution in [3.8, 4) is 22.3 Å². The molecule has 1 aromatic heterocycles. The minimum absolute atomic E-state index is 0.719. The molecule has 0 aliphatic heterocycles. The predicted molar refractivity (Wildman–Crippen MR) is 155 cm³/mol. The van der Waals surface area contributed by atoms with Gasteiger partial charge in [0.15, 0.2) is 0 Å². The second kappa shape index (κ2) is 7.73. The molecule has 0 radical (unpaired) electrons. The van der Waals surface area contributed by atoms with Crippen molar-refractivity contribution < 1.29 is 4.42 Å². The van der Waals surface area contributed by atoms with Gasteiger partial charge in [0, 0.05) is 38.8 Å². The van der Waals surface area contributed by atoms with E-state index in [1.807, 2.05) is 18.2 Å². The Bertz CT molecular complexity index is 1950. The Morgan fingerprint density at radius 1 is 0.486 bits per heavy atom. The van der Waals surface area contributed by atoms with Gasteiger partial charge >= 0.3 is 0 Å². The molecule has 0 atom stereocenters. The number of hydrogen-bond acceptors (Lipinski definition) is 2. The van der Waals surface area contributed by atoms with Crippen LogP contribution in [0.2, 0.25) is 5.02 Å². The lowest BCUT2D eigenvalue weighted by Gasteiger charge is -2.27. The molecule has 3 heteroatoms. The van der Waals surface area contributed by atoms with Gasteiger partial charge in [-0.25, -0.2) is 0 Å². The van der Waals surface area contributed by atoms with Gasteiger partial charge in [0.05, 0.1) is 5.02 Å². The monoisotopic (exact) mass is 493 g/mol. The molecule has 8 rings (SSSR count). The first-order valence-corrected chi connectivity index (χ1v) is 12.8. The van der Waals surface area contributed by atoms with Crippen molar-refractivity contribution in [1.29, 1.82) is 0 Å². The summed E-state index contributed by atoms with van der Waals surface area (Å²) in [5, 5.41) is 5.42. The highest BCUT2D eigenvalue weighted by Gasteiger charge is 2.26. The fourth-order valence-corrected chi connectivity index (χ4v) is 6.24. The van der Waals surface area contributed by atoms with Gasteiger partial charge in [0.1, 0.15) is 11.2 Å². The summed E-state index contributed by atoms with van der Waals surface area (Å²) in [6.07, 6.45) is 0. The van der Waals surface area contributed by atoms with Crippen LogP contribution in [0.25, 0.3) is 55.0 Å². The molecule has 0 unspecified atom stereocenters. The Morgan fingerprint density at radius 2 is 1.16 bits per heavy atom. The van der Waals surface area contributed by atoms with E-state index >= 15 is 0 Å². The molecule has 174 valence electrons. The van der Waals surface area contributed by atoms with Gasteiger partial charge in [-0.2, -0.15) is 0 Å². The Hall–Kier alpha value is -4.53. The molecule has 0 bridgehead atoms. The summed E-state index contributed by atoms with van der Waals surface area (Å²) in [4.78, 5) is 2.26. The van der Waals surface area contributed by atoms with Crippen LogP contribution < -0.4 is 4.90 Å². The molecule has 0 fully saturated rings. The number of hydrogen-bond donors (Lipinski definition) is 0. The smallest absolute Gasteiger partial charge is 0.136 e. The molecule has 0 saturated heterocycles. The van der Waals surface area contributed by atoms with E-state index in [1.54, 1.807) is 0 Å². The molecular formula is C34H20ClNO. The summed E-state index contributed by atoms with van der Waals surface area (Å²) in [5.41, 5.74) is 9.42. The average Bonchev–Trinajstić information content (AvgIpc) is 3.27. The van der Waals surface area contributed by atoms with Gasteiger partial charge in [0.25, 0.3) is 0 Å². The van der Waals surface area contributed by atoms with Crippen LogP contribution in [-0.2, 0) is 0 Å². The van der Waals surface area contributed by atoms with Gasteiger partial charge in [-0.1, -0.05) is 84.4 Å². The van der Waals surface area contributed by atoms with Crippen LogP contribution in [0.5, 0.6) is 0 Å². The van der Waals surface area contributed by atoms with Crippen molar-refractivity contribution in [2.75, 3.05) is 4.90 Å². The normalized spacial score (nSPS) is 11.9. The summed E-state index contributed by atoms with van der Waals surface area (Å²) in [5.74, 6) is 0. The fraction of sp³-hybridized carbons (Fsp3) is 0. The number of halogens is 1. The summed E-state index contributed by atoms with van der Waals surface area (Å²) in [6.45, 7) is 0. The third kappa shape index (κ3) is 2.94. The number of rotatable bonds is 3. The molecule has 6 aromatic carbocycles. The van der Waals surface area contributed by atoms with Gasteiger partial charge in [-0.3, -0.25) is 0 Å². The van der Waals surface area contributed by atoms with E-state index in [4.69, 9.17) is 16.0 Å². The third-order valence-electron chi connectivity index (χ3n) is 7.42. The molecule has 1 aliphatic rings. The van der Waals surface area contributed by atoms with E-state index in [-0.39, 0.29) is 0 Å². The minimum Gasteiger partial charge on any atom is -0.456 e. The van der Waals surface area contributed by atoms with E-state index in [0.29, 0.717) is 0 Å². The first-order valence-electron chi connectivity index (χ1n) is 12.4. The number of nitrogens with zero attached hydrogens (tertiary/aromatic N) is 1. The van der Waals surface area contributed by atoms with Crippen LogP contribution in [0.3, 0.4) is 0 Å². The highest BCUT2D eigenvalue weighted by atomic mass is 35.5. The first kappa shape index (κ1) is 20.6. The maximum Gasteiger partial charge on any atom is 0.136 e. The van der Waals surface area contributed by atoms with Crippen LogP contribution in [0.15, 0.2) is 126 Å². The van der Waals surface area contributed by atoms with Crippen LogP contribution in [0.4, 0.5) is 17.1 Å². The largest absolute Gasteiger partial charge is 0.456 e. The third-order valence-corrected chi connectivity index (χ3v) is 7.72. The second-order valence-electron chi connectivity index (χ2n) is 9.48. The maximum atomic E-state index is 7.25. The molecule has 1 aliphatic carbocycles. The van der Waals surface area contributed by atoms with Crippen molar-refractivity contribution in [3.63, 3.8) is 0 Å². The molecule has 0 amide bonds. The van der Waals surface area contributed by atoms with E-state index in [1.165, 1.54) is 16.3 Å². The predicted octanol–water partition coefficient (Wildman–Crippen LogP) is 10.5. The number of fused-ring (bicyclic) bond motifs is 3. The maximum absolute atomic E-state index is 7.25. The van der Waals surface area contributed by atoms with Crippen molar-refractivity contribution in [1.82, 2.24) is 0 Å². The number of para-hydroxylation sites is 2. The Kier molecular flexibility index (Phi) is 4.31. The van der Waals surface area contributed by atoms with Crippen molar-refractivity contribution in [3.05, 3.63) is 126 Å². The van der Waals surface area contributed by atoms with Crippen LogP contribution in [0, 0.1) is 0 Å². The molecule has 2 nitrogen and oxygen atoms in total. The zero-order valence-electron chi connectivity index (χ0n) is 19.8. The Balaban J connectivity index is 1.51. The molecule has 7 aromatic rings. The summed E-state index contributed by atoms with van der Waals surface area (Å²) in [7, 11) is 0. The topological polar surface area (TPSA) is 16.4 Å². The molecule has 0 spiro atoms. The zero-order valence-corrected chi connectivity index (χ0v) is 20.5. The van der Waals surface area contributed by atoms with Gasteiger partial charge in [-0.05, 0) is 70.6 Å². The lowest BCUT2D eigenvalue weighted by molar-refractivity contribution is 0.669. The average molecular weight is 494 g/mol. The number of furan rings is 1. The van der Waals surface area contributed by atoms with E-state index in [2.05, 4.69) is 108 Å². The zero-order chi connectivity index (χ0) is 24.5. The van der Waals surface area contributed by atoms with E-state index in [9.17, 15) is 0 Å². The van der Waals surface area contributed by atoms with Crippen molar-refractivity contribution >= 4 is 61.4 Å². The first-order chi connectivity index (χ1) is 18.3. The number of benzene rings is 6. The highest BCUT2D eigenvalue weighted by molar-refractivity contribution is 6.37. The van der Waals surface area contributed by atoms with Crippen molar-refractivity contribution in [2.45, 2.75) is 0 Å². The Morgan fingerprint density at radius 3 is 1.92 bits per heavy atom. The molecular weight excluding hydrogens is 474 g/mol. The molecule has 37 heavy (non-hydrogen) atoms. The van der Waals surface area contributed by atoms with E-state index < -0.39 is 0 Å². The van der Waals surface area contributed by atoms with Crippen LogP contribution >= 0.6 is 11.6 Å². The fourth-order valence-electron chi connectivity index (χ4n) is 5.93. The lowest BCUT2D eigenvalue weighted by Crippen LogP contribution is -2.10. The Labute approximate surface area is 218 Å². The van der Waals surface area contributed by atoms with Crippen LogP contribution in [0.1, 0.15) is 0 Å². The van der Waals surface area contributed by atoms with Gasteiger partial charge in [0.2, 0.25) is 0 Å². The molecule has 1 heterocycles. The summed E-state index contributed by atoms with van der Waals surface area (Å²) >= 11 is 7.25. The summed E-state index contributed by atoms with van der Waals surface area (Å²) in [6, 6.07) is 42.3. The molecule has 0 N–H and O–H groups in total. The number of anilines is 3. The second-order valence-corrected chi connectivity index (χ2v) is 9.89.